The molecule has 1 heterocycles. The van der Waals surface area contributed by atoms with Gasteiger partial charge in [-0.1, -0.05) is 25.1 Å². The van der Waals surface area contributed by atoms with Gasteiger partial charge in [-0.3, -0.25) is 0 Å². The highest BCUT2D eigenvalue weighted by Crippen LogP contribution is 2.35. The van der Waals surface area contributed by atoms with E-state index in [1.165, 1.54) is 32.1 Å². The molecule has 3 N–H and O–H groups in total. The number of anilines is 1. The summed E-state index contributed by atoms with van der Waals surface area (Å²) in [5, 5.41) is 8.21. The van der Waals surface area contributed by atoms with E-state index >= 15 is 0 Å². The molecule has 0 aliphatic heterocycles. The second-order valence-corrected chi connectivity index (χ2v) is 5.44. The van der Waals surface area contributed by atoms with E-state index in [-0.39, 0.29) is 0 Å². The Kier molecular flexibility index (Phi) is 3.51. The quantitative estimate of drug-likeness (QED) is 0.830. The minimum atomic E-state index is 0.416. The van der Waals surface area contributed by atoms with Crippen molar-refractivity contribution in [2.24, 2.45) is 5.92 Å². The van der Waals surface area contributed by atoms with Crippen LogP contribution in [0.3, 0.4) is 0 Å². The SMILES string of the molecule is CCC1CCC(Sc2n[nH]c(N)n2)CC1. The Morgan fingerprint density at radius 2 is 2.13 bits per heavy atom. The number of nitrogens with one attached hydrogen (secondary N) is 1. The van der Waals surface area contributed by atoms with E-state index in [0.717, 1.165) is 11.1 Å². The molecule has 0 saturated heterocycles. The average Bonchev–Trinajstić information content (AvgIpc) is 2.65. The zero-order valence-corrected chi connectivity index (χ0v) is 9.89. The van der Waals surface area contributed by atoms with Crippen molar-refractivity contribution in [3.05, 3.63) is 0 Å². The third-order valence-electron chi connectivity index (χ3n) is 3.13. The molecule has 2 rings (SSSR count). The van der Waals surface area contributed by atoms with Crippen LogP contribution >= 0.6 is 11.8 Å². The summed E-state index contributed by atoms with van der Waals surface area (Å²) in [5.74, 6) is 1.36. The molecule has 4 nitrogen and oxygen atoms in total. The fourth-order valence-electron chi connectivity index (χ4n) is 2.12. The number of hydrogen-bond donors (Lipinski definition) is 2. The van der Waals surface area contributed by atoms with Crippen LogP contribution in [-0.2, 0) is 0 Å². The Morgan fingerprint density at radius 1 is 1.40 bits per heavy atom. The van der Waals surface area contributed by atoms with E-state index in [4.69, 9.17) is 5.73 Å². The molecule has 1 fully saturated rings. The summed E-state index contributed by atoms with van der Waals surface area (Å²) in [7, 11) is 0. The van der Waals surface area contributed by atoms with Crippen molar-refractivity contribution in [3.8, 4) is 0 Å². The Morgan fingerprint density at radius 3 is 2.67 bits per heavy atom. The zero-order chi connectivity index (χ0) is 10.7. The van der Waals surface area contributed by atoms with Crippen molar-refractivity contribution in [2.45, 2.75) is 49.4 Å². The van der Waals surface area contributed by atoms with E-state index in [2.05, 4.69) is 22.1 Å². The molecule has 0 unspecified atom stereocenters. The summed E-state index contributed by atoms with van der Waals surface area (Å²) in [6.07, 6.45) is 6.61. The molecular weight excluding hydrogens is 208 g/mol. The van der Waals surface area contributed by atoms with Gasteiger partial charge in [-0.15, -0.1) is 5.10 Å². The van der Waals surface area contributed by atoms with E-state index in [9.17, 15) is 0 Å². The van der Waals surface area contributed by atoms with E-state index < -0.39 is 0 Å². The Balaban J connectivity index is 1.82. The number of hydrogen-bond acceptors (Lipinski definition) is 4. The number of nitrogen functional groups attached to an aromatic ring is 1. The molecule has 0 spiro atoms. The standard InChI is InChI=1S/C10H18N4S/c1-2-7-3-5-8(6-4-7)15-10-12-9(11)13-14-10/h7-8H,2-6H2,1H3,(H3,11,12,13,14). The summed E-state index contributed by atoms with van der Waals surface area (Å²) in [6, 6.07) is 0. The lowest BCUT2D eigenvalue weighted by Gasteiger charge is -2.26. The minimum Gasteiger partial charge on any atom is -0.368 e. The van der Waals surface area contributed by atoms with Gasteiger partial charge in [0.1, 0.15) is 0 Å². The van der Waals surface area contributed by atoms with Crippen LogP contribution in [0.4, 0.5) is 5.95 Å². The van der Waals surface area contributed by atoms with Gasteiger partial charge in [0.25, 0.3) is 0 Å². The van der Waals surface area contributed by atoms with Crippen LogP contribution in [0.15, 0.2) is 5.16 Å². The first-order valence-electron chi connectivity index (χ1n) is 5.62. The number of nitrogens with two attached hydrogens (primary N) is 1. The van der Waals surface area contributed by atoms with Gasteiger partial charge in [-0.2, -0.15) is 4.98 Å². The summed E-state index contributed by atoms with van der Waals surface area (Å²) in [6.45, 7) is 2.29. The van der Waals surface area contributed by atoms with Crippen LogP contribution in [-0.4, -0.2) is 20.4 Å². The number of rotatable bonds is 3. The maximum Gasteiger partial charge on any atom is 0.216 e. The lowest BCUT2D eigenvalue weighted by Crippen LogP contribution is -2.15. The molecule has 0 amide bonds. The maximum absolute atomic E-state index is 5.48. The number of nitrogens with zero attached hydrogens (tertiary/aromatic N) is 2. The highest BCUT2D eigenvalue weighted by Gasteiger charge is 2.21. The summed E-state index contributed by atoms with van der Waals surface area (Å²) >= 11 is 1.76. The fourth-order valence-corrected chi connectivity index (χ4v) is 3.17. The fraction of sp³-hybridized carbons (Fsp3) is 0.800. The van der Waals surface area contributed by atoms with Gasteiger partial charge < -0.3 is 5.73 Å². The molecule has 1 aromatic rings. The third-order valence-corrected chi connectivity index (χ3v) is 4.32. The monoisotopic (exact) mass is 226 g/mol. The highest BCUT2D eigenvalue weighted by molar-refractivity contribution is 7.99. The number of thioether (sulfide) groups is 1. The van der Waals surface area contributed by atoms with Crippen molar-refractivity contribution < 1.29 is 0 Å². The van der Waals surface area contributed by atoms with Gasteiger partial charge in [0, 0.05) is 5.25 Å². The molecule has 0 atom stereocenters. The topological polar surface area (TPSA) is 67.6 Å². The molecule has 0 radical (unpaired) electrons. The predicted octanol–water partition coefficient (Wildman–Crippen LogP) is 2.45. The van der Waals surface area contributed by atoms with Crippen molar-refractivity contribution in [3.63, 3.8) is 0 Å². The maximum atomic E-state index is 5.48. The van der Waals surface area contributed by atoms with Crippen LogP contribution in [0.2, 0.25) is 0 Å². The molecule has 1 saturated carbocycles. The van der Waals surface area contributed by atoms with Crippen LogP contribution in [0.5, 0.6) is 0 Å². The molecule has 1 aliphatic carbocycles. The largest absolute Gasteiger partial charge is 0.368 e. The first kappa shape index (κ1) is 10.8. The van der Waals surface area contributed by atoms with E-state index in [1.54, 1.807) is 11.8 Å². The Labute approximate surface area is 94.4 Å². The third kappa shape index (κ3) is 2.87. The molecule has 84 valence electrons. The predicted molar refractivity (Wildman–Crippen MR) is 62.7 cm³/mol. The van der Waals surface area contributed by atoms with Gasteiger partial charge in [-0.05, 0) is 31.6 Å². The molecule has 0 bridgehead atoms. The molecule has 0 aromatic carbocycles. The number of H-pyrrole nitrogens is 1. The summed E-state index contributed by atoms with van der Waals surface area (Å²) in [5.41, 5.74) is 5.48. The number of aromatic nitrogens is 3. The second-order valence-electron chi connectivity index (χ2n) is 4.17. The van der Waals surface area contributed by atoms with E-state index in [0.29, 0.717) is 11.2 Å². The summed E-state index contributed by atoms with van der Waals surface area (Å²) in [4.78, 5) is 4.12. The first-order chi connectivity index (χ1) is 7.28. The first-order valence-corrected chi connectivity index (χ1v) is 6.50. The Hall–Kier alpha value is -0.710. The van der Waals surface area contributed by atoms with E-state index in [1.807, 2.05) is 0 Å². The smallest absolute Gasteiger partial charge is 0.216 e. The van der Waals surface area contributed by atoms with Gasteiger partial charge in [0.2, 0.25) is 11.1 Å². The van der Waals surface area contributed by atoms with Crippen LogP contribution < -0.4 is 5.73 Å². The zero-order valence-electron chi connectivity index (χ0n) is 9.07. The molecule has 1 aromatic heterocycles. The van der Waals surface area contributed by atoms with Gasteiger partial charge in [-0.25, -0.2) is 5.10 Å². The number of aromatic amines is 1. The van der Waals surface area contributed by atoms with Gasteiger partial charge in [0.05, 0.1) is 0 Å². The van der Waals surface area contributed by atoms with Crippen LogP contribution in [0.1, 0.15) is 39.0 Å². The normalized spacial score (nSPS) is 26.7. The molecule has 15 heavy (non-hydrogen) atoms. The lowest BCUT2D eigenvalue weighted by atomic mass is 9.87. The summed E-state index contributed by atoms with van der Waals surface area (Å²) < 4.78 is 0. The van der Waals surface area contributed by atoms with Crippen LogP contribution in [0.25, 0.3) is 0 Å². The minimum absolute atomic E-state index is 0.416. The van der Waals surface area contributed by atoms with Crippen molar-refractivity contribution >= 4 is 17.7 Å². The Bertz CT molecular complexity index is 304. The molecule has 1 aliphatic rings. The highest BCUT2D eigenvalue weighted by atomic mass is 32.2. The van der Waals surface area contributed by atoms with Crippen molar-refractivity contribution in [1.29, 1.82) is 0 Å². The van der Waals surface area contributed by atoms with Crippen LogP contribution in [0, 0.1) is 5.92 Å². The molecular formula is C10H18N4S. The molecule has 5 heteroatoms. The average molecular weight is 226 g/mol. The lowest BCUT2D eigenvalue weighted by molar-refractivity contribution is 0.356. The van der Waals surface area contributed by atoms with Crippen molar-refractivity contribution in [1.82, 2.24) is 15.2 Å². The second kappa shape index (κ2) is 4.88. The van der Waals surface area contributed by atoms with Gasteiger partial charge >= 0.3 is 0 Å². The van der Waals surface area contributed by atoms with Crippen molar-refractivity contribution in [2.75, 3.05) is 5.73 Å². The van der Waals surface area contributed by atoms with Gasteiger partial charge in [0.15, 0.2) is 0 Å².